The number of rotatable bonds is 7. The van der Waals surface area contributed by atoms with E-state index >= 15 is 0 Å². The van der Waals surface area contributed by atoms with Crippen LogP contribution in [-0.4, -0.2) is 0 Å². The first-order chi connectivity index (χ1) is 18.2. The summed E-state index contributed by atoms with van der Waals surface area (Å²) in [6.07, 6.45) is 15.3. The molecule has 0 bridgehead atoms. The van der Waals surface area contributed by atoms with E-state index in [4.69, 9.17) is 0 Å². The Labute approximate surface area is 235 Å². The summed E-state index contributed by atoms with van der Waals surface area (Å²) in [6.45, 7) is 2.25. The van der Waals surface area contributed by atoms with Gasteiger partial charge in [0.05, 0.1) is 0 Å². The molecule has 0 heterocycles. The van der Waals surface area contributed by atoms with Gasteiger partial charge in [0.2, 0.25) is 0 Å². The number of hydrogen-bond acceptors (Lipinski definition) is 0. The van der Waals surface area contributed by atoms with Crippen LogP contribution in [0.15, 0.2) is 137 Å². The third-order valence-corrected chi connectivity index (χ3v) is 16.4. The summed E-state index contributed by atoms with van der Waals surface area (Å²) in [5.74, 6) is 0. The van der Waals surface area contributed by atoms with E-state index in [1.807, 2.05) is 0 Å². The number of allylic oxidation sites excluding steroid dienone is 5. The van der Waals surface area contributed by atoms with E-state index in [1.54, 1.807) is 8.89 Å². The molecular formula is C35H33HfP. The topological polar surface area (TPSA) is 0 Å². The van der Waals surface area contributed by atoms with Crippen molar-refractivity contribution in [3.8, 4) is 0 Å². The van der Waals surface area contributed by atoms with Gasteiger partial charge in [-0.1, -0.05) is 60.7 Å². The van der Waals surface area contributed by atoms with Crippen molar-refractivity contribution >= 4 is 20.0 Å². The molecule has 0 nitrogen and oxygen atoms in total. The van der Waals surface area contributed by atoms with E-state index < -0.39 is 22.9 Å². The number of fused-ring (bicyclic) bond motifs is 1. The molecule has 2 heteroatoms. The van der Waals surface area contributed by atoms with E-state index in [2.05, 4.69) is 146 Å². The van der Waals surface area contributed by atoms with Gasteiger partial charge in [0.15, 0.2) is 0 Å². The molecule has 0 saturated carbocycles. The zero-order valence-corrected chi connectivity index (χ0v) is 26.0. The molecule has 4 aromatic carbocycles. The minimum Gasteiger partial charge on any atom is -0.0622 e. The third-order valence-electron chi connectivity index (χ3n) is 6.89. The summed E-state index contributed by atoms with van der Waals surface area (Å²) in [5.41, 5.74) is 7.28. The van der Waals surface area contributed by atoms with E-state index in [9.17, 15) is 0 Å². The molecule has 0 saturated heterocycles. The van der Waals surface area contributed by atoms with Crippen LogP contribution in [0.3, 0.4) is 0 Å². The van der Waals surface area contributed by atoms with Crippen LogP contribution in [0.4, 0.5) is 0 Å². The van der Waals surface area contributed by atoms with Gasteiger partial charge in [-0.15, -0.1) is 0 Å². The number of benzene rings is 4. The van der Waals surface area contributed by atoms with Crippen molar-refractivity contribution < 1.29 is 22.9 Å². The summed E-state index contributed by atoms with van der Waals surface area (Å²) >= 11 is -0.992. The summed E-state index contributed by atoms with van der Waals surface area (Å²) in [6, 6.07) is 39.2. The SMILES string of the molecule is Cc1ccccc1P[C]1([Hf][C]2=CC=CC2)C=Cc2ccccc21.c1ccc(CCc2ccccc2)cc1. The molecule has 37 heavy (non-hydrogen) atoms. The van der Waals surface area contributed by atoms with Gasteiger partial charge in [-0.25, -0.2) is 0 Å². The van der Waals surface area contributed by atoms with Crippen molar-refractivity contribution in [2.45, 2.75) is 29.1 Å². The second kappa shape index (κ2) is 12.8. The largest absolute Gasteiger partial charge is 0.0622 e. The van der Waals surface area contributed by atoms with Crippen molar-refractivity contribution in [1.29, 1.82) is 0 Å². The Kier molecular flexibility index (Phi) is 8.98. The molecule has 6 rings (SSSR count). The van der Waals surface area contributed by atoms with Crippen molar-refractivity contribution in [2.24, 2.45) is 0 Å². The van der Waals surface area contributed by atoms with Gasteiger partial charge in [-0.3, -0.25) is 0 Å². The molecule has 0 radical (unpaired) electrons. The molecule has 2 atom stereocenters. The van der Waals surface area contributed by atoms with E-state index in [0.29, 0.717) is 2.91 Å². The van der Waals surface area contributed by atoms with Gasteiger partial charge in [-0.2, -0.15) is 0 Å². The summed E-state index contributed by atoms with van der Waals surface area (Å²) < 4.78 is 2.06. The number of hydrogen-bond donors (Lipinski definition) is 0. The first-order valence-electron chi connectivity index (χ1n) is 13.1. The van der Waals surface area contributed by atoms with Crippen molar-refractivity contribution in [1.82, 2.24) is 0 Å². The smallest absolute Gasteiger partial charge is 0.0238 e. The van der Waals surface area contributed by atoms with Gasteiger partial charge in [0.25, 0.3) is 0 Å². The standard InChI is InChI=1S/C16H14P.C14H14.C5H5.Hf/c1-12-6-2-5-9-15(12)17-16-11-10-13-7-3-4-8-14(13)16;1-3-7-13(8-4-1)11-12-14-9-5-2-6-10-14;1-2-4-5-3-1;/h2-11,17H,1H3;1-10H,11-12H2;1-3H,4H2;. The second-order valence-electron chi connectivity index (χ2n) is 9.59. The van der Waals surface area contributed by atoms with Crippen LogP contribution < -0.4 is 5.30 Å². The van der Waals surface area contributed by atoms with Gasteiger partial charge in [0.1, 0.15) is 0 Å². The zero-order chi connectivity index (χ0) is 25.3. The van der Waals surface area contributed by atoms with Crippen LogP contribution in [0, 0.1) is 6.92 Å². The fourth-order valence-corrected chi connectivity index (χ4v) is 14.9. The minimum absolute atomic E-state index is 0.320. The molecule has 0 amide bonds. The minimum atomic E-state index is -0.992. The molecule has 0 N–H and O–H groups in total. The first kappa shape index (κ1) is 26.0. The molecule has 182 valence electrons. The van der Waals surface area contributed by atoms with E-state index in [0.717, 1.165) is 21.4 Å². The molecule has 0 aliphatic heterocycles. The van der Waals surface area contributed by atoms with Crippen molar-refractivity contribution in [3.63, 3.8) is 0 Å². The Morgan fingerprint density at radius 2 is 1.35 bits per heavy atom. The fraction of sp³-hybridized carbons (Fsp3) is 0.143. The Morgan fingerprint density at radius 3 is 2.00 bits per heavy atom. The molecule has 4 aromatic rings. The maximum absolute atomic E-state index is 2.55. The first-order valence-corrected chi connectivity index (χ1v) is 17.7. The fourth-order valence-electron chi connectivity index (χ4n) is 4.85. The normalized spacial score (nSPS) is 17.4. The molecule has 0 fully saturated rings. The molecule has 2 unspecified atom stereocenters. The van der Waals surface area contributed by atoms with Gasteiger partial charge in [0, 0.05) is 0 Å². The Morgan fingerprint density at radius 1 is 0.730 bits per heavy atom. The Bertz CT molecular complexity index is 1360. The zero-order valence-electron chi connectivity index (χ0n) is 21.4. The van der Waals surface area contributed by atoms with Crippen LogP contribution in [0.5, 0.6) is 0 Å². The van der Waals surface area contributed by atoms with Gasteiger partial charge >= 0.3 is 152 Å². The van der Waals surface area contributed by atoms with Gasteiger partial charge < -0.3 is 0 Å². The quantitative estimate of drug-likeness (QED) is 0.137. The maximum Gasteiger partial charge on any atom is -0.0238 e. The molecule has 0 aromatic heterocycles. The Balaban J connectivity index is 0.000000171. The van der Waals surface area contributed by atoms with Crippen molar-refractivity contribution in [3.05, 3.63) is 165 Å². The maximum atomic E-state index is 2.55. The monoisotopic (exact) mass is 664 g/mol. The summed E-state index contributed by atoms with van der Waals surface area (Å²) in [7, 11) is 0.852. The average molecular weight is 663 g/mol. The van der Waals surface area contributed by atoms with Crippen LogP contribution in [0.25, 0.3) is 6.08 Å². The molecular weight excluding hydrogens is 630 g/mol. The summed E-state index contributed by atoms with van der Waals surface area (Å²) in [5, 5.41) is 1.54. The van der Waals surface area contributed by atoms with Crippen LogP contribution >= 0.6 is 8.58 Å². The second-order valence-corrected chi connectivity index (χ2v) is 19.0. The predicted octanol–water partition coefficient (Wildman–Crippen LogP) is 8.58. The number of aryl methyl sites for hydroxylation is 3. The average Bonchev–Trinajstić information content (AvgIpc) is 3.59. The summed E-state index contributed by atoms with van der Waals surface area (Å²) in [4.78, 5) is 0. The Hall–Kier alpha value is -2.60. The molecule has 0 spiro atoms. The van der Waals surface area contributed by atoms with Crippen LogP contribution in [0.1, 0.15) is 34.2 Å². The molecule has 2 aliphatic rings. The van der Waals surface area contributed by atoms with E-state index in [1.165, 1.54) is 34.0 Å². The van der Waals surface area contributed by atoms with Crippen LogP contribution in [-0.2, 0) is 38.7 Å². The molecule has 2 aliphatic carbocycles. The third kappa shape index (κ3) is 6.84. The van der Waals surface area contributed by atoms with Gasteiger partial charge in [-0.05, 0) is 24.0 Å². The van der Waals surface area contributed by atoms with E-state index in [-0.39, 0.29) is 0 Å². The van der Waals surface area contributed by atoms with Crippen molar-refractivity contribution in [2.75, 3.05) is 0 Å². The van der Waals surface area contributed by atoms with Crippen LogP contribution in [0.2, 0.25) is 0 Å². The predicted molar refractivity (Wildman–Crippen MR) is 158 cm³/mol.